The van der Waals surface area contributed by atoms with Crippen LogP contribution in [-0.2, 0) is 0 Å². The molecule has 0 aromatic heterocycles. The van der Waals surface area contributed by atoms with Crippen molar-refractivity contribution in [3.8, 4) is 0 Å². The Morgan fingerprint density at radius 2 is 1.96 bits per heavy atom. The lowest BCUT2D eigenvalue weighted by Crippen LogP contribution is -2.28. The van der Waals surface area contributed by atoms with Crippen LogP contribution in [0.3, 0.4) is 0 Å². The molecule has 0 radical (unpaired) electrons. The highest BCUT2D eigenvalue weighted by atomic mass is 19.1. The maximum Gasteiger partial charge on any atom is 0.270 e. The van der Waals surface area contributed by atoms with E-state index in [9.17, 15) is 24.4 Å². The van der Waals surface area contributed by atoms with Crippen molar-refractivity contribution in [3.05, 3.63) is 75.1 Å². The molecule has 0 saturated heterocycles. The average molecular weight is 318 g/mol. The maximum absolute atomic E-state index is 12.8. The number of nitro groups is 1. The third kappa shape index (κ3) is 4.33. The van der Waals surface area contributed by atoms with Gasteiger partial charge in [-0.3, -0.25) is 14.9 Å². The van der Waals surface area contributed by atoms with Crippen LogP contribution in [0, 0.1) is 22.9 Å². The van der Waals surface area contributed by atoms with E-state index in [1.54, 1.807) is 6.92 Å². The normalized spacial score (nSPS) is 11.8. The molecule has 2 rings (SSSR count). The first-order valence-corrected chi connectivity index (χ1v) is 6.84. The molecule has 1 amide bonds. The zero-order valence-electron chi connectivity index (χ0n) is 12.3. The smallest absolute Gasteiger partial charge is 0.270 e. The molecule has 0 fully saturated rings. The van der Waals surface area contributed by atoms with Gasteiger partial charge in [0.1, 0.15) is 5.82 Å². The molecule has 7 heteroatoms. The minimum atomic E-state index is -1.00. The first kappa shape index (κ1) is 16.6. The first-order chi connectivity index (χ1) is 10.9. The summed E-state index contributed by atoms with van der Waals surface area (Å²) < 4.78 is 12.8. The van der Waals surface area contributed by atoms with Crippen molar-refractivity contribution in [1.29, 1.82) is 0 Å². The minimum Gasteiger partial charge on any atom is -0.387 e. The van der Waals surface area contributed by atoms with E-state index in [0.717, 1.165) is 0 Å². The van der Waals surface area contributed by atoms with Crippen molar-refractivity contribution in [2.45, 2.75) is 13.0 Å². The molecule has 6 nitrogen and oxygen atoms in total. The number of carbonyl (C=O) groups is 1. The molecule has 120 valence electrons. The SMILES string of the molecule is Cc1cc(C(=O)NCC(O)c2ccc(F)cc2)cc([N+](=O)[O-])c1. The number of benzene rings is 2. The molecule has 0 aliphatic carbocycles. The number of carbonyl (C=O) groups excluding carboxylic acids is 1. The molecule has 0 aliphatic heterocycles. The summed E-state index contributed by atoms with van der Waals surface area (Å²) in [7, 11) is 0. The van der Waals surface area contributed by atoms with Crippen LogP contribution in [0.5, 0.6) is 0 Å². The highest BCUT2D eigenvalue weighted by Gasteiger charge is 2.15. The van der Waals surface area contributed by atoms with Crippen molar-refractivity contribution >= 4 is 11.6 Å². The molecule has 0 aliphatic rings. The first-order valence-electron chi connectivity index (χ1n) is 6.84. The molecule has 2 aromatic carbocycles. The van der Waals surface area contributed by atoms with Gasteiger partial charge in [0.25, 0.3) is 11.6 Å². The van der Waals surface area contributed by atoms with Crippen LogP contribution >= 0.6 is 0 Å². The Labute approximate surface area is 131 Å². The number of aryl methyl sites for hydroxylation is 1. The van der Waals surface area contributed by atoms with E-state index < -0.39 is 22.8 Å². The van der Waals surface area contributed by atoms with Crippen molar-refractivity contribution in [2.24, 2.45) is 0 Å². The Kier molecular flexibility index (Phi) is 5.02. The number of aliphatic hydroxyl groups excluding tert-OH is 1. The van der Waals surface area contributed by atoms with Crippen LogP contribution in [-0.4, -0.2) is 22.5 Å². The Bertz CT molecular complexity index is 731. The number of hydrogen-bond acceptors (Lipinski definition) is 4. The van der Waals surface area contributed by atoms with E-state index in [-0.39, 0.29) is 17.8 Å². The van der Waals surface area contributed by atoms with Gasteiger partial charge in [-0.15, -0.1) is 0 Å². The molecular weight excluding hydrogens is 303 g/mol. The molecule has 1 unspecified atom stereocenters. The van der Waals surface area contributed by atoms with E-state index in [2.05, 4.69) is 5.32 Å². The molecule has 0 bridgehead atoms. The standard InChI is InChI=1S/C16H15FN2O4/c1-10-6-12(8-14(7-10)19(22)23)16(21)18-9-15(20)11-2-4-13(17)5-3-11/h2-8,15,20H,9H2,1H3,(H,18,21). The summed E-state index contributed by atoms with van der Waals surface area (Å²) >= 11 is 0. The average Bonchev–Trinajstić information content (AvgIpc) is 2.52. The number of nitrogens with zero attached hydrogens (tertiary/aromatic N) is 1. The van der Waals surface area contributed by atoms with Crippen molar-refractivity contribution in [3.63, 3.8) is 0 Å². The van der Waals surface area contributed by atoms with Crippen LogP contribution in [0.15, 0.2) is 42.5 Å². The highest BCUT2D eigenvalue weighted by Crippen LogP contribution is 2.17. The molecule has 0 saturated carbocycles. The summed E-state index contributed by atoms with van der Waals surface area (Å²) in [6.45, 7) is 1.56. The van der Waals surface area contributed by atoms with E-state index in [0.29, 0.717) is 11.1 Å². The monoisotopic (exact) mass is 318 g/mol. The van der Waals surface area contributed by atoms with Gasteiger partial charge < -0.3 is 10.4 Å². The van der Waals surface area contributed by atoms with Crippen molar-refractivity contribution < 1.29 is 19.2 Å². The number of aliphatic hydroxyl groups is 1. The lowest BCUT2D eigenvalue weighted by molar-refractivity contribution is -0.384. The summed E-state index contributed by atoms with van der Waals surface area (Å²) in [6, 6.07) is 9.32. The van der Waals surface area contributed by atoms with Crippen molar-refractivity contribution in [1.82, 2.24) is 5.32 Å². The van der Waals surface area contributed by atoms with Crippen LogP contribution in [0.1, 0.15) is 27.6 Å². The fraction of sp³-hybridized carbons (Fsp3) is 0.188. The van der Waals surface area contributed by atoms with E-state index >= 15 is 0 Å². The van der Waals surface area contributed by atoms with Gasteiger partial charge in [-0.05, 0) is 36.2 Å². The second-order valence-electron chi connectivity index (χ2n) is 5.09. The second kappa shape index (κ2) is 6.97. The zero-order chi connectivity index (χ0) is 17.0. The second-order valence-corrected chi connectivity index (χ2v) is 5.09. The minimum absolute atomic E-state index is 0.0911. The number of halogens is 1. The molecule has 2 N–H and O–H groups in total. The van der Waals surface area contributed by atoms with E-state index in [1.807, 2.05) is 0 Å². The molecule has 23 heavy (non-hydrogen) atoms. The van der Waals surface area contributed by atoms with Crippen LogP contribution < -0.4 is 5.32 Å². The highest BCUT2D eigenvalue weighted by molar-refractivity contribution is 5.95. The lowest BCUT2D eigenvalue weighted by atomic mass is 10.1. The Balaban J connectivity index is 2.04. The van der Waals surface area contributed by atoms with E-state index in [1.165, 1.54) is 42.5 Å². The Morgan fingerprint density at radius 3 is 2.57 bits per heavy atom. The van der Waals surface area contributed by atoms with Gasteiger partial charge in [-0.1, -0.05) is 12.1 Å². The summed E-state index contributed by atoms with van der Waals surface area (Å²) in [5.74, 6) is -0.949. The predicted octanol–water partition coefficient (Wildman–Crippen LogP) is 2.51. The Hall–Kier alpha value is -2.80. The lowest BCUT2D eigenvalue weighted by Gasteiger charge is -2.12. The number of amides is 1. The fourth-order valence-corrected chi connectivity index (χ4v) is 2.09. The quantitative estimate of drug-likeness (QED) is 0.654. The number of hydrogen-bond donors (Lipinski definition) is 2. The van der Waals surface area contributed by atoms with Gasteiger partial charge in [-0.2, -0.15) is 0 Å². The topological polar surface area (TPSA) is 92.5 Å². The van der Waals surface area contributed by atoms with Gasteiger partial charge in [0, 0.05) is 24.2 Å². The fourth-order valence-electron chi connectivity index (χ4n) is 2.09. The number of non-ortho nitro benzene ring substituents is 1. The van der Waals surface area contributed by atoms with Crippen LogP contribution in [0.2, 0.25) is 0 Å². The summed E-state index contributed by atoms with van der Waals surface area (Å²) in [4.78, 5) is 22.3. The van der Waals surface area contributed by atoms with Gasteiger partial charge in [0.2, 0.25) is 0 Å². The zero-order valence-corrected chi connectivity index (χ0v) is 12.3. The van der Waals surface area contributed by atoms with Gasteiger partial charge in [0.05, 0.1) is 11.0 Å². The van der Waals surface area contributed by atoms with Crippen LogP contribution in [0.4, 0.5) is 10.1 Å². The molecular formula is C16H15FN2O4. The summed E-state index contributed by atoms with van der Waals surface area (Å²) in [5, 5.41) is 23.3. The molecule has 2 aromatic rings. The third-order valence-electron chi connectivity index (χ3n) is 3.25. The molecule has 1 atom stereocenters. The van der Waals surface area contributed by atoms with Crippen LogP contribution in [0.25, 0.3) is 0 Å². The van der Waals surface area contributed by atoms with Crippen molar-refractivity contribution in [2.75, 3.05) is 6.54 Å². The number of rotatable bonds is 5. The van der Waals surface area contributed by atoms with E-state index in [4.69, 9.17) is 0 Å². The predicted molar refractivity (Wildman–Crippen MR) is 81.5 cm³/mol. The molecule has 0 spiro atoms. The molecule has 0 heterocycles. The number of nitrogens with one attached hydrogen (secondary N) is 1. The largest absolute Gasteiger partial charge is 0.387 e. The maximum atomic E-state index is 12.8. The number of nitro benzene ring substituents is 1. The Morgan fingerprint density at radius 1 is 1.30 bits per heavy atom. The third-order valence-corrected chi connectivity index (χ3v) is 3.25. The summed E-state index contributed by atoms with van der Waals surface area (Å²) in [6.07, 6.45) is -1.00. The van der Waals surface area contributed by atoms with Gasteiger partial charge in [0.15, 0.2) is 0 Å². The summed E-state index contributed by atoms with van der Waals surface area (Å²) in [5.41, 5.74) is 1.02. The van der Waals surface area contributed by atoms with Gasteiger partial charge >= 0.3 is 0 Å². The van der Waals surface area contributed by atoms with Gasteiger partial charge in [-0.25, -0.2) is 4.39 Å².